The highest BCUT2D eigenvalue weighted by Gasteiger charge is 2.20. The van der Waals surface area contributed by atoms with Crippen molar-refractivity contribution in [2.24, 2.45) is 5.73 Å². The number of carbonyl (C=O) groups excluding carboxylic acids is 2. The van der Waals surface area contributed by atoms with Gasteiger partial charge >= 0.3 is 0 Å². The number of nitrogens with one attached hydrogen (secondary N) is 2. The average Bonchev–Trinajstić information content (AvgIpc) is 2.74. The van der Waals surface area contributed by atoms with E-state index in [-0.39, 0.29) is 22.4 Å². The number of ether oxygens (including phenoxy) is 1. The van der Waals surface area contributed by atoms with Crippen molar-refractivity contribution >= 4 is 33.2 Å². The molecule has 9 nitrogen and oxygen atoms in total. The van der Waals surface area contributed by atoms with Crippen LogP contribution in [0.3, 0.4) is 0 Å². The van der Waals surface area contributed by atoms with Crippen molar-refractivity contribution < 1.29 is 22.7 Å². The number of nitrogens with zero attached hydrogens (tertiary/aromatic N) is 1. The Bertz CT molecular complexity index is 1270. The first-order chi connectivity index (χ1) is 14.8. The van der Waals surface area contributed by atoms with Crippen molar-refractivity contribution in [2.45, 2.75) is 17.7 Å². The minimum absolute atomic E-state index is 0.0871. The predicted octanol–water partition coefficient (Wildman–Crippen LogP) is 2.66. The van der Waals surface area contributed by atoms with Gasteiger partial charge in [-0.3, -0.25) is 14.3 Å². The molecule has 31 heavy (non-hydrogen) atoms. The number of rotatable bonds is 6. The smallest absolute Gasteiger partial charge is 0.261 e. The van der Waals surface area contributed by atoms with E-state index in [1.807, 2.05) is 0 Å². The molecule has 0 saturated heterocycles. The van der Waals surface area contributed by atoms with Crippen LogP contribution in [0.15, 0.2) is 65.7 Å². The van der Waals surface area contributed by atoms with E-state index in [0.717, 1.165) is 5.56 Å². The Morgan fingerprint density at radius 1 is 1.10 bits per heavy atom. The molecule has 2 amide bonds. The second-order valence-electron chi connectivity index (χ2n) is 6.85. The molecule has 4 N–H and O–H groups in total. The van der Waals surface area contributed by atoms with Gasteiger partial charge in [-0.1, -0.05) is 6.07 Å². The summed E-state index contributed by atoms with van der Waals surface area (Å²) in [5.74, 6) is -0.0731. The molecule has 158 valence electrons. The zero-order valence-corrected chi connectivity index (χ0v) is 17.0. The fourth-order valence-electron chi connectivity index (χ4n) is 3.08. The van der Waals surface area contributed by atoms with E-state index in [1.54, 1.807) is 30.3 Å². The molecule has 1 aliphatic heterocycles. The number of hydrogen-bond donors (Lipinski definition) is 3. The number of sulfonamides is 1. The van der Waals surface area contributed by atoms with Gasteiger partial charge in [0.25, 0.3) is 10.0 Å². The summed E-state index contributed by atoms with van der Waals surface area (Å²) in [5, 5.41) is 2.72. The number of pyridine rings is 1. The van der Waals surface area contributed by atoms with E-state index in [0.29, 0.717) is 29.8 Å². The third-order valence-electron chi connectivity index (χ3n) is 4.61. The van der Waals surface area contributed by atoms with Gasteiger partial charge in [0.15, 0.2) is 0 Å². The third-order valence-corrected chi connectivity index (χ3v) is 5.99. The standard InChI is InChI=1S/C21H18N4O5S/c22-21(27)14-2-1-3-16(10-14)30-20-9-5-15(12-23-20)25-31(28,29)17-6-7-18-13(11-17)4-8-19(26)24-18/h1-3,5-7,9-12,25H,4,8H2,(H2,22,27)(H,24,26). The summed E-state index contributed by atoms with van der Waals surface area (Å²) in [6.45, 7) is 0. The van der Waals surface area contributed by atoms with E-state index in [1.165, 1.54) is 30.5 Å². The van der Waals surface area contributed by atoms with Crippen LogP contribution < -0.4 is 20.5 Å². The number of amides is 2. The monoisotopic (exact) mass is 438 g/mol. The zero-order valence-electron chi connectivity index (χ0n) is 16.2. The Balaban J connectivity index is 1.48. The van der Waals surface area contributed by atoms with Gasteiger partial charge in [0, 0.05) is 23.7 Å². The Kier molecular flexibility index (Phi) is 5.30. The summed E-state index contributed by atoms with van der Waals surface area (Å²) in [5.41, 5.74) is 7.19. The predicted molar refractivity (Wildman–Crippen MR) is 113 cm³/mol. The summed E-state index contributed by atoms with van der Waals surface area (Å²) < 4.78 is 33.5. The molecule has 2 aromatic carbocycles. The topological polar surface area (TPSA) is 140 Å². The largest absolute Gasteiger partial charge is 0.439 e. The second kappa shape index (κ2) is 8.07. The molecular weight excluding hydrogens is 420 g/mol. The second-order valence-corrected chi connectivity index (χ2v) is 8.53. The molecule has 0 spiro atoms. The molecule has 0 atom stereocenters. The van der Waals surface area contributed by atoms with Gasteiger partial charge in [0.2, 0.25) is 17.7 Å². The number of fused-ring (bicyclic) bond motifs is 1. The number of aromatic nitrogens is 1. The number of aryl methyl sites for hydroxylation is 1. The highest BCUT2D eigenvalue weighted by molar-refractivity contribution is 7.92. The Hall–Kier alpha value is -3.92. The number of carbonyl (C=O) groups is 2. The molecule has 1 aromatic heterocycles. The Labute approximate surface area is 178 Å². The van der Waals surface area contributed by atoms with Crippen LogP contribution in [-0.2, 0) is 21.2 Å². The molecule has 0 bridgehead atoms. The fourth-order valence-corrected chi connectivity index (χ4v) is 4.17. The van der Waals surface area contributed by atoms with Gasteiger partial charge in [-0.05, 0) is 54.4 Å². The summed E-state index contributed by atoms with van der Waals surface area (Å²) in [6.07, 6.45) is 2.12. The maximum absolute atomic E-state index is 12.7. The molecule has 0 unspecified atom stereocenters. The molecule has 10 heteroatoms. The van der Waals surface area contributed by atoms with Crippen LogP contribution in [0.4, 0.5) is 11.4 Å². The summed E-state index contributed by atoms with van der Waals surface area (Å²) in [4.78, 5) is 26.9. The van der Waals surface area contributed by atoms with Crippen molar-refractivity contribution in [3.8, 4) is 11.6 Å². The SMILES string of the molecule is NC(=O)c1cccc(Oc2ccc(NS(=O)(=O)c3ccc4c(c3)CCC(=O)N4)cn2)c1. The van der Waals surface area contributed by atoms with Gasteiger partial charge in [0.05, 0.1) is 16.8 Å². The van der Waals surface area contributed by atoms with E-state index in [4.69, 9.17) is 10.5 Å². The molecule has 4 rings (SSSR count). The molecule has 0 radical (unpaired) electrons. The summed E-state index contributed by atoms with van der Waals surface area (Å²) in [7, 11) is -3.84. The fraction of sp³-hybridized carbons (Fsp3) is 0.0952. The highest BCUT2D eigenvalue weighted by atomic mass is 32.2. The van der Waals surface area contributed by atoms with Crippen molar-refractivity contribution in [1.82, 2.24) is 4.98 Å². The zero-order chi connectivity index (χ0) is 22.0. The maximum atomic E-state index is 12.7. The normalized spacial score (nSPS) is 13.1. The molecule has 0 aliphatic carbocycles. The number of nitrogens with two attached hydrogens (primary N) is 1. The van der Waals surface area contributed by atoms with Crippen molar-refractivity contribution in [3.63, 3.8) is 0 Å². The van der Waals surface area contributed by atoms with E-state index in [9.17, 15) is 18.0 Å². The maximum Gasteiger partial charge on any atom is 0.261 e. The Morgan fingerprint density at radius 3 is 2.68 bits per heavy atom. The minimum atomic E-state index is -3.84. The van der Waals surface area contributed by atoms with Gasteiger partial charge in [-0.2, -0.15) is 0 Å². The number of hydrogen-bond acceptors (Lipinski definition) is 6. The average molecular weight is 438 g/mol. The van der Waals surface area contributed by atoms with E-state index < -0.39 is 15.9 Å². The van der Waals surface area contributed by atoms with Crippen LogP contribution in [0.25, 0.3) is 0 Å². The molecule has 0 fully saturated rings. The molecule has 2 heterocycles. The van der Waals surface area contributed by atoms with Crippen LogP contribution in [-0.4, -0.2) is 25.2 Å². The van der Waals surface area contributed by atoms with Gasteiger partial charge in [0.1, 0.15) is 5.75 Å². The van der Waals surface area contributed by atoms with Gasteiger partial charge < -0.3 is 15.8 Å². The van der Waals surface area contributed by atoms with Crippen LogP contribution in [0.2, 0.25) is 0 Å². The van der Waals surface area contributed by atoms with Crippen LogP contribution in [0, 0.1) is 0 Å². The third kappa shape index (κ3) is 4.64. The van der Waals surface area contributed by atoms with Gasteiger partial charge in [-0.25, -0.2) is 13.4 Å². The summed E-state index contributed by atoms with van der Waals surface area (Å²) in [6, 6.07) is 13.9. The Morgan fingerprint density at radius 2 is 1.94 bits per heavy atom. The molecule has 1 aliphatic rings. The quantitative estimate of drug-likeness (QED) is 0.540. The van der Waals surface area contributed by atoms with E-state index >= 15 is 0 Å². The molecule has 3 aromatic rings. The first kappa shape index (κ1) is 20.4. The minimum Gasteiger partial charge on any atom is -0.439 e. The van der Waals surface area contributed by atoms with Crippen LogP contribution in [0.5, 0.6) is 11.6 Å². The highest BCUT2D eigenvalue weighted by Crippen LogP contribution is 2.27. The lowest BCUT2D eigenvalue weighted by molar-refractivity contribution is -0.116. The summed E-state index contributed by atoms with van der Waals surface area (Å²) >= 11 is 0. The van der Waals surface area contributed by atoms with Crippen molar-refractivity contribution in [1.29, 1.82) is 0 Å². The van der Waals surface area contributed by atoms with Crippen molar-refractivity contribution in [3.05, 3.63) is 71.9 Å². The lowest BCUT2D eigenvalue weighted by Gasteiger charge is -2.17. The first-order valence-electron chi connectivity index (χ1n) is 9.29. The number of benzene rings is 2. The van der Waals surface area contributed by atoms with E-state index in [2.05, 4.69) is 15.0 Å². The first-order valence-corrected chi connectivity index (χ1v) is 10.8. The number of anilines is 2. The molecular formula is C21H18N4O5S. The lowest BCUT2D eigenvalue weighted by Crippen LogP contribution is -2.20. The van der Waals surface area contributed by atoms with Crippen LogP contribution >= 0.6 is 0 Å². The van der Waals surface area contributed by atoms with Crippen LogP contribution in [0.1, 0.15) is 22.3 Å². The van der Waals surface area contributed by atoms with Crippen molar-refractivity contribution in [2.75, 3.05) is 10.0 Å². The lowest BCUT2D eigenvalue weighted by atomic mass is 10.0. The van der Waals surface area contributed by atoms with Gasteiger partial charge in [-0.15, -0.1) is 0 Å². The number of primary amides is 1. The molecule has 0 saturated carbocycles.